The van der Waals surface area contributed by atoms with E-state index < -0.39 is 0 Å². The van der Waals surface area contributed by atoms with Crippen molar-refractivity contribution in [3.63, 3.8) is 0 Å². The molecule has 0 fully saturated rings. The van der Waals surface area contributed by atoms with Gasteiger partial charge < -0.3 is 15.1 Å². The maximum Gasteiger partial charge on any atom is 0.0558 e. The fraction of sp³-hybridized carbons (Fsp3) is 1.00. The molecule has 0 saturated heterocycles. The van der Waals surface area contributed by atoms with Gasteiger partial charge >= 0.3 is 0 Å². The van der Waals surface area contributed by atoms with Crippen LogP contribution in [0.1, 0.15) is 32.6 Å². The number of nitrogens with zero attached hydrogens (tertiary/aromatic N) is 1. The zero-order valence-corrected chi connectivity index (χ0v) is 8.71. The van der Waals surface area contributed by atoms with Gasteiger partial charge in [-0.15, -0.1) is 0 Å². The summed E-state index contributed by atoms with van der Waals surface area (Å²) in [5, 5.41) is 17.5. The molecule has 0 aliphatic carbocycles. The standard InChI is InChI=1S/C10H23NO2/c1-2-3-4-6-11(8-10-13)7-5-9-12/h12-13H,2-10H2,1H3. The van der Waals surface area contributed by atoms with Gasteiger partial charge in [0.2, 0.25) is 0 Å². The van der Waals surface area contributed by atoms with Crippen LogP contribution in [0.2, 0.25) is 0 Å². The molecular weight excluding hydrogens is 166 g/mol. The third-order valence-corrected chi connectivity index (χ3v) is 2.13. The van der Waals surface area contributed by atoms with E-state index in [1.165, 1.54) is 19.3 Å². The van der Waals surface area contributed by atoms with Gasteiger partial charge in [-0.1, -0.05) is 19.8 Å². The van der Waals surface area contributed by atoms with E-state index in [0.29, 0.717) is 0 Å². The lowest BCUT2D eigenvalue weighted by molar-refractivity contribution is 0.177. The number of rotatable bonds is 9. The highest BCUT2D eigenvalue weighted by molar-refractivity contribution is 4.57. The number of aliphatic hydroxyl groups excluding tert-OH is 2. The van der Waals surface area contributed by atoms with Crippen LogP contribution in [0, 0.1) is 0 Å². The van der Waals surface area contributed by atoms with Gasteiger partial charge in [-0.2, -0.15) is 0 Å². The van der Waals surface area contributed by atoms with E-state index in [4.69, 9.17) is 10.2 Å². The monoisotopic (exact) mass is 189 g/mol. The van der Waals surface area contributed by atoms with Crippen LogP contribution in [0.3, 0.4) is 0 Å². The first-order chi connectivity index (χ1) is 6.35. The summed E-state index contributed by atoms with van der Waals surface area (Å²) in [6, 6.07) is 0. The molecule has 80 valence electrons. The summed E-state index contributed by atoms with van der Waals surface area (Å²) < 4.78 is 0. The average Bonchev–Trinajstić information content (AvgIpc) is 2.14. The molecule has 0 atom stereocenters. The van der Waals surface area contributed by atoms with Crippen molar-refractivity contribution in [1.29, 1.82) is 0 Å². The van der Waals surface area contributed by atoms with Crippen LogP contribution < -0.4 is 0 Å². The molecule has 0 aliphatic rings. The lowest BCUT2D eigenvalue weighted by Crippen LogP contribution is -2.29. The molecule has 3 heteroatoms. The second kappa shape index (κ2) is 9.96. The maximum atomic E-state index is 8.79. The van der Waals surface area contributed by atoms with Crippen molar-refractivity contribution in [3.05, 3.63) is 0 Å². The van der Waals surface area contributed by atoms with Crippen molar-refractivity contribution < 1.29 is 10.2 Å². The molecule has 0 heterocycles. The van der Waals surface area contributed by atoms with Crippen LogP contribution in [-0.4, -0.2) is 48.0 Å². The van der Waals surface area contributed by atoms with Gasteiger partial charge in [0.1, 0.15) is 0 Å². The van der Waals surface area contributed by atoms with Gasteiger partial charge in [0.15, 0.2) is 0 Å². The molecule has 3 nitrogen and oxygen atoms in total. The third-order valence-electron chi connectivity index (χ3n) is 2.13. The highest BCUT2D eigenvalue weighted by Crippen LogP contribution is 1.98. The maximum absolute atomic E-state index is 8.79. The van der Waals surface area contributed by atoms with Gasteiger partial charge in [-0.3, -0.25) is 0 Å². The average molecular weight is 189 g/mol. The minimum atomic E-state index is 0.220. The summed E-state index contributed by atoms with van der Waals surface area (Å²) in [7, 11) is 0. The zero-order valence-electron chi connectivity index (χ0n) is 8.71. The van der Waals surface area contributed by atoms with Crippen molar-refractivity contribution in [2.75, 3.05) is 32.8 Å². The SMILES string of the molecule is CCCCCN(CCO)CCCO. The Morgan fingerprint density at radius 2 is 1.54 bits per heavy atom. The summed E-state index contributed by atoms with van der Waals surface area (Å²) in [5.41, 5.74) is 0. The Kier molecular flexibility index (Phi) is 9.87. The minimum absolute atomic E-state index is 0.220. The predicted molar refractivity (Wildman–Crippen MR) is 54.8 cm³/mol. The van der Waals surface area contributed by atoms with E-state index in [1.54, 1.807) is 0 Å². The van der Waals surface area contributed by atoms with Crippen LogP contribution in [0.25, 0.3) is 0 Å². The number of aliphatic hydroxyl groups is 2. The second-order valence-electron chi connectivity index (χ2n) is 3.35. The predicted octanol–water partition coefficient (Wildman–Crippen LogP) is 0.853. The first-order valence-electron chi connectivity index (χ1n) is 5.29. The van der Waals surface area contributed by atoms with Gasteiger partial charge in [0.05, 0.1) is 6.61 Å². The Hall–Kier alpha value is -0.120. The van der Waals surface area contributed by atoms with E-state index in [1.807, 2.05) is 0 Å². The molecule has 0 aromatic rings. The van der Waals surface area contributed by atoms with E-state index in [9.17, 15) is 0 Å². The second-order valence-corrected chi connectivity index (χ2v) is 3.35. The van der Waals surface area contributed by atoms with Crippen LogP contribution >= 0.6 is 0 Å². The van der Waals surface area contributed by atoms with E-state index >= 15 is 0 Å². The quantitative estimate of drug-likeness (QED) is 0.529. The lowest BCUT2D eigenvalue weighted by Gasteiger charge is -2.20. The Bertz CT molecular complexity index is 98.9. The molecule has 2 N–H and O–H groups in total. The Morgan fingerprint density at radius 3 is 2.08 bits per heavy atom. The van der Waals surface area contributed by atoms with Crippen LogP contribution in [0.15, 0.2) is 0 Å². The molecule has 0 aromatic heterocycles. The minimum Gasteiger partial charge on any atom is -0.396 e. The molecule has 0 bridgehead atoms. The lowest BCUT2D eigenvalue weighted by atomic mass is 10.2. The van der Waals surface area contributed by atoms with Crippen LogP contribution in [-0.2, 0) is 0 Å². The number of unbranched alkanes of at least 4 members (excludes halogenated alkanes) is 2. The molecule has 0 amide bonds. The van der Waals surface area contributed by atoms with Crippen molar-refractivity contribution in [3.8, 4) is 0 Å². The fourth-order valence-electron chi connectivity index (χ4n) is 1.36. The topological polar surface area (TPSA) is 43.7 Å². The Morgan fingerprint density at radius 1 is 0.846 bits per heavy atom. The van der Waals surface area contributed by atoms with Gasteiger partial charge in [0.25, 0.3) is 0 Å². The van der Waals surface area contributed by atoms with Gasteiger partial charge in [-0.25, -0.2) is 0 Å². The summed E-state index contributed by atoms with van der Waals surface area (Å²) in [6.07, 6.45) is 4.49. The summed E-state index contributed by atoms with van der Waals surface area (Å²) >= 11 is 0. The molecule has 0 aliphatic heterocycles. The van der Waals surface area contributed by atoms with E-state index in [0.717, 1.165) is 26.1 Å². The summed E-state index contributed by atoms with van der Waals surface area (Å²) in [6.45, 7) is 5.34. The molecule has 0 spiro atoms. The smallest absolute Gasteiger partial charge is 0.0558 e. The first-order valence-corrected chi connectivity index (χ1v) is 5.29. The zero-order chi connectivity index (χ0) is 9.94. The highest BCUT2D eigenvalue weighted by atomic mass is 16.3. The Balaban J connectivity index is 3.41. The van der Waals surface area contributed by atoms with Crippen molar-refractivity contribution in [2.45, 2.75) is 32.6 Å². The van der Waals surface area contributed by atoms with Crippen molar-refractivity contribution >= 4 is 0 Å². The van der Waals surface area contributed by atoms with Crippen LogP contribution in [0.5, 0.6) is 0 Å². The summed E-state index contributed by atoms with van der Waals surface area (Å²) in [4.78, 5) is 2.21. The molecular formula is C10H23NO2. The largest absolute Gasteiger partial charge is 0.396 e. The first kappa shape index (κ1) is 12.9. The van der Waals surface area contributed by atoms with E-state index in [-0.39, 0.29) is 13.2 Å². The molecule has 0 unspecified atom stereocenters. The highest BCUT2D eigenvalue weighted by Gasteiger charge is 2.02. The van der Waals surface area contributed by atoms with Crippen LogP contribution in [0.4, 0.5) is 0 Å². The number of hydrogen-bond acceptors (Lipinski definition) is 3. The van der Waals surface area contributed by atoms with Gasteiger partial charge in [-0.05, 0) is 19.4 Å². The third kappa shape index (κ3) is 8.22. The molecule has 0 aromatic carbocycles. The van der Waals surface area contributed by atoms with Crippen molar-refractivity contribution in [1.82, 2.24) is 4.90 Å². The molecule has 0 radical (unpaired) electrons. The Labute approximate surface area is 81.4 Å². The molecule has 13 heavy (non-hydrogen) atoms. The van der Waals surface area contributed by atoms with Gasteiger partial charge in [0, 0.05) is 19.7 Å². The molecule has 0 saturated carbocycles. The van der Waals surface area contributed by atoms with Crippen molar-refractivity contribution in [2.24, 2.45) is 0 Å². The summed E-state index contributed by atoms with van der Waals surface area (Å²) in [5.74, 6) is 0. The normalized spacial score (nSPS) is 11.1. The number of hydrogen-bond donors (Lipinski definition) is 2. The molecule has 0 rings (SSSR count). The van der Waals surface area contributed by atoms with E-state index in [2.05, 4.69) is 11.8 Å². The fourth-order valence-corrected chi connectivity index (χ4v) is 1.36.